The molecule has 0 radical (unpaired) electrons. The molecule has 160 valence electrons. The molecular formula is C26H35N3O. The average molecular weight is 406 g/mol. The second-order valence-corrected chi connectivity index (χ2v) is 8.47. The van der Waals surface area contributed by atoms with Gasteiger partial charge in [-0.3, -0.25) is 0 Å². The molecule has 2 N–H and O–H groups in total. The van der Waals surface area contributed by atoms with E-state index in [2.05, 4.69) is 37.0 Å². The summed E-state index contributed by atoms with van der Waals surface area (Å²) in [6.45, 7) is 5.22. The minimum atomic E-state index is 0.354. The molecule has 1 atom stereocenters. The molecule has 1 aromatic heterocycles. The number of fused-ring (bicyclic) bond motifs is 1. The predicted octanol–water partition coefficient (Wildman–Crippen LogP) is 6.46. The van der Waals surface area contributed by atoms with Gasteiger partial charge in [0, 0.05) is 11.3 Å². The number of nitriles is 1. The minimum Gasteiger partial charge on any atom is -0.494 e. The third-order valence-electron chi connectivity index (χ3n) is 6.16. The minimum absolute atomic E-state index is 0.354. The molecule has 0 saturated carbocycles. The molecule has 0 saturated heterocycles. The zero-order valence-electron chi connectivity index (χ0n) is 18.5. The summed E-state index contributed by atoms with van der Waals surface area (Å²) >= 11 is 0. The Kier molecular flexibility index (Phi) is 8.13. The SMILES string of the molecule is CCCCCCCOc1ccc(-c2c(C#N)c(N)nc3c2CC(CCC)CC3)cc1. The van der Waals surface area contributed by atoms with Gasteiger partial charge in [-0.05, 0) is 54.9 Å². The first-order chi connectivity index (χ1) is 14.7. The summed E-state index contributed by atoms with van der Waals surface area (Å²) in [7, 11) is 0. The fourth-order valence-electron chi connectivity index (χ4n) is 4.55. The Morgan fingerprint density at radius 2 is 1.87 bits per heavy atom. The highest BCUT2D eigenvalue weighted by Crippen LogP contribution is 2.38. The zero-order valence-corrected chi connectivity index (χ0v) is 18.5. The third-order valence-corrected chi connectivity index (χ3v) is 6.16. The van der Waals surface area contributed by atoms with Gasteiger partial charge in [-0.25, -0.2) is 4.98 Å². The molecule has 30 heavy (non-hydrogen) atoms. The van der Waals surface area contributed by atoms with Crippen LogP contribution < -0.4 is 10.5 Å². The molecule has 0 amide bonds. The Labute approximate surface area is 181 Å². The van der Waals surface area contributed by atoms with Crippen molar-refractivity contribution in [2.45, 2.75) is 78.1 Å². The summed E-state index contributed by atoms with van der Waals surface area (Å²) < 4.78 is 5.92. The normalized spacial score (nSPS) is 15.4. The zero-order chi connectivity index (χ0) is 21.3. The van der Waals surface area contributed by atoms with Crippen LogP contribution >= 0.6 is 0 Å². The van der Waals surface area contributed by atoms with Crippen molar-refractivity contribution in [1.29, 1.82) is 5.26 Å². The smallest absolute Gasteiger partial charge is 0.142 e. The third kappa shape index (κ3) is 5.33. The number of aromatic nitrogens is 1. The van der Waals surface area contributed by atoms with Crippen LogP contribution in [0.4, 0.5) is 5.82 Å². The number of unbranched alkanes of at least 4 members (excludes halogenated alkanes) is 4. The van der Waals surface area contributed by atoms with Crippen LogP contribution in [0.1, 0.15) is 82.0 Å². The van der Waals surface area contributed by atoms with Gasteiger partial charge in [0.05, 0.1) is 6.61 Å². The Bertz CT molecular complexity index is 867. The summed E-state index contributed by atoms with van der Waals surface area (Å²) in [5.41, 5.74) is 11.0. The van der Waals surface area contributed by atoms with E-state index < -0.39 is 0 Å². The van der Waals surface area contributed by atoms with Crippen LogP contribution in [0.3, 0.4) is 0 Å². The number of benzene rings is 1. The molecule has 4 nitrogen and oxygen atoms in total. The van der Waals surface area contributed by atoms with Gasteiger partial charge in [0.1, 0.15) is 23.2 Å². The highest BCUT2D eigenvalue weighted by molar-refractivity contribution is 5.79. The summed E-state index contributed by atoms with van der Waals surface area (Å²) in [5, 5.41) is 9.80. The molecule has 0 aliphatic heterocycles. The van der Waals surface area contributed by atoms with E-state index in [4.69, 9.17) is 10.5 Å². The highest BCUT2D eigenvalue weighted by atomic mass is 16.5. The molecule has 1 heterocycles. The van der Waals surface area contributed by atoms with E-state index in [1.54, 1.807) is 0 Å². The maximum atomic E-state index is 9.80. The number of hydrogen-bond donors (Lipinski definition) is 1. The number of pyridine rings is 1. The Morgan fingerprint density at radius 1 is 1.10 bits per heavy atom. The van der Waals surface area contributed by atoms with Crippen LogP contribution in [0.5, 0.6) is 5.75 Å². The maximum absolute atomic E-state index is 9.80. The Morgan fingerprint density at radius 3 is 2.57 bits per heavy atom. The summed E-state index contributed by atoms with van der Waals surface area (Å²) in [4.78, 5) is 4.58. The van der Waals surface area contributed by atoms with Crippen LogP contribution in [-0.2, 0) is 12.8 Å². The topological polar surface area (TPSA) is 71.9 Å². The fraction of sp³-hybridized carbons (Fsp3) is 0.538. The lowest BCUT2D eigenvalue weighted by Gasteiger charge is -2.27. The van der Waals surface area contributed by atoms with Gasteiger partial charge in [0.25, 0.3) is 0 Å². The molecule has 4 heteroatoms. The average Bonchev–Trinajstić information content (AvgIpc) is 2.76. The number of anilines is 1. The van der Waals surface area contributed by atoms with E-state index >= 15 is 0 Å². The largest absolute Gasteiger partial charge is 0.494 e. The van der Waals surface area contributed by atoms with Crippen molar-refractivity contribution in [1.82, 2.24) is 4.98 Å². The second-order valence-electron chi connectivity index (χ2n) is 8.47. The van der Waals surface area contributed by atoms with E-state index in [0.717, 1.165) is 54.9 Å². The molecule has 0 spiro atoms. The van der Waals surface area contributed by atoms with Crippen molar-refractivity contribution in [2.75, 3.05) is 12.3 Å². The summed E-state index contributed by atoms with van der Waals surface area (Å²) in [5.74, 6) is 1.90. The van der Waals surface area contributed by atoms with Crippen LogP contribution in [-0.4, -0.2) is 11.6 Å². The van der Waals surface area contributed by atoms with Crippen LogP contribution in [0.15, 0.2) is 24.3 Å². The monoisotopic (exact) mass is 405 g/mol. The lowest BCUT2D eigenvalue weighted by molar-refractivity contribution is 0.304. The molecule has 1 aliphatic carbocycles. The van der Waals surface area contributed by atoms with Crippen LogP contribution in [0.25, 0.3) is 11.1 Å². The number of nitrogens with two attached hydrogens (primary N) is 1. The number of nitrogen functional groups attached to an aromatic ring is 1. The van der Waals surface area contributed by atoms with Gasteiger partial charge in [-0.2, -0.15) is 5.26 Å². The van der Waals surface area contributed by atoms with Gasteiger partial charge in [-0.1, -0.05) is 64.5 Å². The van der Waals surface area contributed by atoms with Crippen molar-refractivity contribution in [2.24, 2.45) is 5.92 Å². The molecule has 3 rings (SSSR count). The van der Waals surface area contributed by atoms with Gasteiger partial charge < -0.3 is 10.5 Å². The van der Waals surface area contributed by atoms with Crippen molar-refractivity contribution in [3.63, 3.8) is 0 Å². The Balaban J connectivity index is 1.79. The van der Waals surface area contributed by atoms with Crippen LogP contribution in [0, 0.1) is 17.2 Å². The lowest BCUT2D eigenvalue weighted by atomic mass is 9.79. The first kappa shape index (κ1) is 22.2. The number of nitrogens with zero attached hydrogens (tertiary/aromatic N) is 2. The number of rotatable bonds is 10. The van der Waals surface area contributed by atoms with Crippen LogP contribution in [0.2, 0.25) is 0 Å². The fourth-order valence-corrected chi connectivity index (χ4v) is 4.55. The van der Waals surface area contributed by atoms with E-state index in [1.807, 2.05) is 12.1 Å². The van der Waals surface area contributed by atoms with Crippen molar-refractivity contribution in [3.05, 3.63) is 41.1 Å². The summed E-state index contributed by atoms with van der Waals surface area (Å²) in [6, 6.07) is 10.5. The quantitative estimate of drug-likeness (QED) is 0.461. The number of hydrogen-bond acceptors (Lipinski definition) is 4. The number of ether oxygens (including phenoxy) is 1. The number of aryl methyl sites for hydroxylation is 1. The molecular weight excluding hydrogens is 370 g/mol. The standard InChI is InChI=1S/C26H35N3O/c1-3-5-6-7-8-16-30-21-13-11-20(12-14-21)25-22-17-19(9-4-2)10-15-24(22)29-26(28)23(25)18-27/h11-14,19H,3-10,15-17H2,1-2H3,(H2,28,29). The van der Waals surface area contributed by atoms with Gasteiger partial charge in [-0.15, -0.1) is 0 Å². The second kappa shape index (κ2) is 11.0. The lowest BCUT2D eigenvalue weighted by Crippen LogP contribution is -2.18. The van der Waals surface area contributed by atoms with Crippen molar-refractivity contribution >= 4 is 5.82 Å². The summed E-state index contributed by atoms with van der Waals surface area (Å²) in [6.07, 6.45) is 11.6. The Hall–Kier alpha value is -2.54. The molecule has 1 aliphatic rings. The van der Waals surface area contributed by atoms with Gasteiger partial charge >= 0.3 is 0 Å². The van der Waals surface area contributed by atoms with Gasteiger partial charge in [0.15, 0.2) is 0 Å². The van der Waals surface area contributed by atoms with E-state index in [0.29, 0.717) is 17.3 Å². The first-order valence-electron chi connectivity index (χ1n) is 11.6. The van der Waals surface area contributed by atoms with E-state index in [9.17, 15) is 5.26 Å². The highest BCUT2D eigenvalue weighted by Gasteiger charge is 2.26. The predicted molar refractivity (Wildman–Crippen MR) is 123 cm³/mol. The maximum Gasteiger partial charge on any atom is 0.142 e. The molecule has 0 bridgehead atoms. The molecule has 1 unspecified atom stereocenters. The molecule has 2 aromatic rings. The molecule has 0 fully saturated rings. The van der Waals surface area contributed by atoms with Gasteiger partial charge in [0.2, 0.25) is 0 Å². The van der Waals surface area contributed by atoms with Crippen molar-refractivity contribution < 1.29 is 4.74 Å². The molecule has 1 aromatic carbocycles. The van der Waals surface area contributed by atoms with Crippen molar-refractivity contribution in [3.8, 4) is 22.9 Å². The first-order valence-corrected chi connectivity index (χ1v) is 11.6. The van der Waals surface area contributed by atoms with E-state index in [-0.39, 0.29) is 0 Å². The van der Waals surface area contributed by atoms with E-state index in [1.165, 1.54) is 44.1 Å².